The molecule has 1 aliphatic carbocycles. The lowest BCUT2D eigenvalue weighted by atomic mass is 10.1. The molecule has 1 heterocycles. The van der Waals surface area contributed by atoms with E-state index in [0.29, 0.717) is 11.3 Å². The van der Waals surface area contributed by atoms with Gasteiger partial charge < -0.3 is 0 Å². The molecule has 1 saturated carbocycles. The smallest absolute Gasteiger partial charge is 0.273 e. The Morgan fingerprint density at radius 2 is 1.81 bits per heavy atom. The van der Waals surface area contributed by atoms with Crippen molar-refractivity contribution in [2.24, 2.45) is 5.92 Å². The molecule has 1 fully saturated rings. The summed E-state index contributed by atoms with van der Waals surface area (Å²) >= 11 is 0. The molecule has 1 aromatic heterocycles. The van der Waals surface area contributed by atoms with Crippen LogP contribution in [0.25, 0.3) is 16.9 Å². The van der Waals surface area contributed by atoms with Gasteiger partial charge in [-0.1, -0.05) is 42.0 Å². The number of para-hydroxylation sites is 1. The van der Waals surface area contributed by atoms with Gasteiger partial charge in [-0.3, -0.25) is 20.4 Å². The number of rotatable bonds is 4. The van der Waals surface area contributed by atoms with E-state index in [1.165, 1.54) is 0 Å². The zero-order valence-corrected chi connectivity index (χ0v) is 15.0. The largest absolute Gasteiger partial charge is 0.273 e. The van der Waals surface area contributed by atoms with Crippen LogP contribution >= 0.6 is 0 Å². The van der Waals surface area contributed by atoms with E-state index in [0.717, 1.165) is 29.7 Å². The van der Waals surface area contributed by atoms with Crippen LogP contribution < -0.4 is 10.9 Å². The number of amides is 2. The Labute approximate surface area is 157 Å². The number of benzene rings is 2. The predicted octanol–water partition coefficient (Wildman–Crippen LogP) is 3.02. The summed E-state index contributed by atoms with van der Waals surface area (Å²) in [5, 5.41) is 4.63. The molecule has 0 aliphatic heterocycles. The number of carbonyl (C=O) groups is 2. The average molecular weight is 360 g/mol. The van der Waals surface area contributed by atoms with Crippen molar-refractivity contribution in [2.45, 2.75) is 19.8 Å². The summed E-state index contributed by atoms with van der Waals surface area (Å²) in [6.45, 7) is 1.99. The molecule has 0 radical (unpaired) electrons. The molecule has 0 saturated heterocycles. The van der Waals surface area contributed by atoms with Crippen molar-refractivity contribution in [1.82, 2.24) is 20.6 Å². The van der Waals surface area contributed by atoms with E-state index >= 15 is 0 Å². The van der Waals surface area contributed by atoms with Gasteiger partial charge >= 0.3 is 0 Å². The fraction of sp³-hybridized carbons (Fsp3) is 0.190. The van der Waals surface area contributed by atoms with Crippen LogP contribution in [0.1, 0.15) is 28.8 Å². The van der Waals surface area contributed by atoms with E-state index in [1.54, 1.807) is 10.9 Å². The van der Waals surface area contributed by atoms with E-state index in [-0.39, 0.29) is 17.7 Å². The lowest BCUT2D eigenvalue weighted by Crippen LogP contribution is -2.42. The van der Waals surface area contributed by atoms with Gasteiger partial charge in [-0.05, 0) is 38.0 Å². The molecule has 27 heavy (non-hydrogen) atoms. The van der Waals surface area contributed by atoms with Gasteiger partial charge in [0.2, 0.25) is 5.91 Å². The van der Waals surface area contributed by atoms with Crippen LogP contribution in [-0.2, 0) is 4.79 Å². The third kappa shape index (κ3) is 3.74. The van der Waals surface area contributed by atoms with E-state index < -0.39 is 0 Å². The third-order valence-corrected chi connectivity index (χ3v) is 4.52. The normalized spacial score (nSPS) is 13.2. The maximum absolute atomic E-state index is 12.7. The van der Waals surface area contributed by atoms with E-state index in [4.69, 9.17) is 0 Å². The Morgan fingerprint density at radius 3 is 2.52 bits per heavy atom. The van der Waals surface area contributed by atoms with Crippen molar-refractivity contribution in [2.75, 3.05) is 0 Å². The molecule has 2 amide bonds. The molecule has 0 unspecified atom stereocenters. The molecular weight excluding hydrogens is 340 g/mol. The monoisotopic (exact) mass is 360 g/mol. The molecule has 2 aromatic carbocycles. The summed E-state index contributed by atoms with van der Waals surface area (Å²) in [6.07, 6.45) is 3.44. The van der Waals surface area contributed by atoms with Crippen molar-refractivity contribution in [3.05, 3.63) is 71.9 Å². The predicted molar refractivity (Wildman–Crippen MR) is 102 cm³/mol. The topological polar surface area (TPSA) is 76.0 Å². The number of hydrazine groups is 1. The Hall–Kier alpha value is -3.41. The SMILES string of the molecule is Cc1cccc(-c2nn(-c3ccccc3)cc2C(=O)NNC(=O)C2CC2)c1. The van der Waals surface area contributed by atoms with Gasteiger partial charge in [-0.25, -0.2) is 4.68 Å². The maximum atomic E-state index is 12.7. The lowest BCUT2D eigenvalue weighted by Gasteiger charge is -2.07. The van der Waals surface area contributed by atoms with Gasteiger partial charge in [0.1, 0.15) is 5.69 Å². The molecule has 0 spiro atoms. The van der Waals surface area contributed by atoms with E-state index in [2.05, 4.69) is 16.0 Å². The highest BCUT2D eigenvalue weighted by Gasteiger charge is 2.30. The Bertz CT molecular complexity index is 990. The number of hydrogen-bond acceptors (Lipinski definition) is 3. The first-order valence-electron chi connectivity index (χ1n) is 8.94. The second-order valence-electron chi connectivity index (χ2n) is 6.76. The minimum absolute atomic E-state index is 0.0218. The molecule has 2 N–H and O–H groups in total. The van der Waals surface area contributed by atoms with Gasteiger partial charge in [0, 0.05) is 17.7 Å². The first-order chi connectivity index (χ1) is 13.1. The summed E-state index contributed by atoms with van der Waals surface area (Å²) in [5.74, 6) is -0.507. The third-order valence-electron chi connectivity index (χ3n) is 4.52. The van der Waals surface area contributed by atoms with Gasteiger partial charge in [0.15, 0.2) is 0 Å². The molecule has 3 aromatic rings. The molecule has 136 valence electrons. The van der Waals surface area contributed by atoms with Gasteiger partial charge in [0.25, 0.3) is 5.91 Å². The van der Waals surface area contributed by atoms with Crippen molar-refractivity contribution < 1.29 is 9.59 Å². The van der Waals surface area contributed by atoms with Crippen molar-refractivity contribution in [1.29, 1.82) is 0 Å². The number of nitrogens with zero attached hydrogens (tertiary/aromatic N) is 2. The van der Waals surface area contributed by atoms with Gasteiger partial charge in [-0.2, -0.15) is 5.10 Å². The highest BCUT2D eigenvalue weighted by molar-refractivity contribution is 6.00. The van der Waals surface area contributed by atoms with Gasteiger partial charge in [-0.15, -0.1) is 0 Å². The number of aromatic nitrogens is 2. The summed E-state index contributed by atoms with van der Waals surface area (Å²) < 4.78 is 1.68. The van der Waals surface area contributed by atoms with Crippen LogP contribution in [0.4, 0.5) is 0 Å². The lowest BCUT2D eigenvalue weighted by molar-refractivity contribution is -0.123. The molecular formula is C21H20N4O2. The second kappa shape index (κ2) is 7.07. The minimum atomic E-state index is -0.386. The first-order valence-corrected chi connectivity index (χ1v) is 8.94. The summed E-state index contributed by atoms with van der Waals surface area (Å²) in [6, 6.07) is 17.4. The highest BCUT2D eigenvalue weighted by Crippen LogP contribution is 2.28. The maximum Gasteiger partial charge on any atom is 0.273 e. The zero-order chi connectivity index (χ0) is 18.8. The van der Waals surface area contributed by atoms with Crippen LogP contribution in [0.2, 0.25) is 0 Å². The summed E-state index contributed by atoms with van der Waals surface area (Å²) in [7, 11) is 0. The number of hydrogen-bond donors (Lipinski definition) is 2. The summed E-state index contributed by atoms with van der Waals surface area (Å²) in [4.78, 5) is 24.6. The first kappa shape index (κ1) is 17.0. The molecule has 4 rings (SSSR count). The summed E-state index contributed by atoms with van der Waals surface area (Å²) in [5.41, 5.74) is 8.78. The zero-order valence-electron chi connectivity index (χ0n) is 15.0. The molecule has 6 heteroatoms. The van der Waals surface area contributed by atoms with Crippen molar-refractivity contribution in [3.8, 4) is 16.9 Å². The molecule has 0 atom stereocenters. The molecule has 1 aliphatic rings. The van der Waals surface area contributed by atoms with Crippen LogP contribution in [0.15, 0.2) is 60.8 Å². The van der Waals surface area contributed by atoms with Crippen LogP contribution in [0.3, 0.4) is 0 Å². The quantitative estimate of drug-likeness (QED) is 0.702. The Kier molecular flexibility index (Phi) is 4.46. The van der Waals surface area contributed by atoms with Crippen LogP contribution in [0.5, 0.6) is 0 Å². The fourth-order valence-corrected chi connectivity index (χ4v) is 2.89. The molecule has 6 nitrogen and oxygen atoms in total. The van der Waals surface area contributed by atoms with E-state index in [1.807, 2.05) is 61.5 Å². The molecule has 0 bridgehead atoms. The second-order valence-corrected chi connectivity index (χ2v) is 6.76. The van der Waals surface area contributed by atoms with E-state index in [9.17, 15) is 9.59 Å². The van der Waals surface area contributed by atoms with Crippen LogP contribution in [0, 0.1) is 12.8 Å². The Balaban J connectivity index is 1.68. The Morgan fingerprint density at radius 1 is 1.04 bits per heavy atom. The van der Waals surface area contributed by atoms with Gasteiger partial charge in [0.05, 0.1) is 11.3 Å². The minimum Gasteiger partial charge on any atom is -0.273 e. The highest BCUT2D eigenvalue weighted by atomic mass is 16.2. The number of carbonyl (C=O) groups excluding carboxylic acids is 2. The number of aryl methyl sites for hydroxylation is 1. The van der Waals surface area contributed by atoms with Crippen LogP contribution in [-0.4, -0.2) is 21.6 Å². The average Bonchev–Trinajstić information content (AvgIpc) is 3.44. The standard InChI is InChI=1S/C21H20N4O2/c1-14-6-5-7-16(12-14)19-18(21(27)23-22-20(26)15-10-11-15)13-25(24-19)17-8-3-2-4-9-17/h2-9,12-13,15H,10-11H2,1H3,(H,22,26)(H,23,27). The number of nitrogens with one attached hydrogen (secondary N) is 2. The van der Waals surface area contributed by atoms with Crippen molar-refractivity contribution >= 4 is 11.8 Å². The van der Waals surface area contributed by atoms with Crippen molar-refractivity contribution in [3.63, 3.8) is 0 Å². The fourth-order valence-electron chi connectivity index (χ4n) is 2.89.